The first-order valence-electron chi connectivity index (χ1n) is 8.44. The molecule has 0 radical (unpaired) electrons. The molecule has 0 spiro atoms. The lowest BCUT2D eigenvalue weighted by Gasteiger charge is -2.05. The molecule has 2 N–H and O–H groups in total. The number of ketones is 1. The average Bonchev–Trinajstić information content (AvgIpc) is 3.03. The number of carbonyl (C=O) groups is 1. The predicted molar refractivity (Wildman–Crippen MR) is 101 cm³/mol. The highest BCUT2D eigenvalue weighted by Crippen LogP contribution is 2.16. The molecule has 4 aromatic rings. The summed E-state index contributed by atoms with van der Waals surface area (Å²) in [6, 6.07) is 9.99. The second-order valence-corrected chi connectivity index (χ2v) is 6.29. The summed E-state index contributed by atoms with van der Waals surface area (Å²) >= 11 is 0. The maximum absolute atomic E-state index is 11.1. The van der Waals surface area contributed by atoms with E-state index in [4.69, 9.17) is 5.73 Å². The van der Waals surface area contributed by atoms with Crippen molar-refractivity contribution in [1.82, 2.24) is 29.9 Å². The zero-order valence-corrected chi connectivity index (χ0v) is 14.7. The van der Waals surface area contributed by atoms with Gasteiger partial charge < -0.3 is 5.73 Å². The summed E-state index contributed by atoms with van der Waals surface area (Å²) in [5.74, 6) is -0.0981. The van der Waals surface area contributed by atoms with Crippen molar-refractivity contribution in [3.8, 4) is 0 Å². The van der Waals surface area contributed by atoms with E-state index in [1.165, 1.54) is 13.0 Å². The van der Waals surface area contributed by atoms with Gasteiger partial charge >= 0.3 is 0 Å². The molecular formula is C19H17N7O. The highest BCUT2D eigenvalue weighted by Gasteiger charge is 2.10. The van der Waals surface area contributed by atoms with Gasteiger partial charge in [-0.3, -0.25) is 9.78 Å². The maximum atomic E-state index is 11.1. The standard InChI is InChI=1S/C19H17N7O/c1-12(27)7-15(20)9-16-10-22-18-19(23-16)26(25-24-18)11-13-4-5-17-14(8-13)3-2-6-21-17/h2-8,10H,9,11,20H2,1H3. The van der Waals surface area contributed by atoms with Crippen molar-refractivity contribution in [2.75, 3.05) is 0 Å². The fraction of sp³-hybridized carbons (Fsp3) is 0.158. The summed E-state index contributed by atoms with van der Waals surface area (Å²) in [5, 5.41) is 9.30. The molecule has 27 heavy (non-hydrogen) atoms. The van der Waals surface area contributed by atoms with Crippen molar-refractivity contribution in [2.45, 2.75) is 19.9 Å². The molecule has 3 heterocycles. The number of aromatic nitrogens is 6. The lowest BCUT2D eigenvalue weighted by Crippen LogP contribution is -2.07. The molecular weight excluding hydrogens is 342 g/mol. The number of hydrogen-bond donors (Lipinski definition) is 1. The molecule has 0 amide bonds. The largest absolute Gasteiger partial charge is 0.402 e. The van der Waals surface area contributed by atoms with Gasteiger partial charge in [0.05, 0.1) is 24.0 Å². The number of benzene rings is 1. The molecule has 1 aromatic carbocycles. The smallest absolute Gasteiger partial charge is 0.221 e. The summed E-state index contributed by atoms with van der Waals surface area (Å²) in [6.45, 7) is 1.97. The van der Waals surface area contributed by atoms with E-state index in [0.717, 1.165) is 16.5 Å². The molecule has 0 aliphatic carbocycles. The number of allylic oxidation sites excluding steroid dienone is 2. The number of fused-ring (bicyclic) bond motifs is 2. The van der Waals surface area contributed by atoms with Crippen molar-refractivity contribution >= 4 is 28.0 Å². The molecule has 0 atom stereocenters. The Kier molecular flexibility index (Phi) is 4.29. The van der Waals surface area contributed by atoms with Gasteiger partial charge in [0.1, 0.15) is 0 Å². The summed E-state index contributed by atoms with van der Waals surface area (Å²) in [5.41, 5.74) is 10.0. The van der Waals surface area contributed by atoms with Crippen LogP contribution in [0.15, 0.2) is 54.5 Å². The Bertz CT molecular complexity index is 1180. The second-order valence-electron chi connectivity index (χ2n) is 6.29. The van der Waals surface area contributed by atoms with E-state index >= 15 is 0 Å². The van der Waals surface area contributed by atoms with Crippen molar-refractivity contribution in [2.24, 2.45) is 5.73 Å². The number of rotatable bonds is 5. The van der Waals surface area contributed by atoms with Crippen LogP contribution in [0, 0.1) is 0 Å². The summed E-state index contributed by atoms with van der Waals surface area (Å²) in [7, 11) is 0. The summed E-state index contributed by atoms with van der Waals surface area (Å²) in [6.07, 6.45) is 5.11. The van der Waals surface area contributed by atoms with Crippen molar-refractivity contribution in [3.63, 3.8) is 0 Å². The highest BCUT2D eigenvalue weighted by molar-refractivity contribution is 5.87. The molecule has 4 rings (SSSR count). The minimum atomic E-state index is -0.0981. The van der Waals surface area contributed by atoms with Crippen LogP contribution in [0.2, 0.25) is 0 Å². The molecule has 134 valence electrons. The van der Waals surface area contributed by atoms with Gasteiger partial charge in [0, 0.05) is 23.7 Å². The molecule has 0 fully saturated rings. The van der Waals surface area contributed by atoms with Crippen LogP contribution in [-0.2, 0) is 17.8 Å². The van der Waals surface area contributed by atoms with Crippen LogP contribution >= 0.6 is 0 Å². The van der Waals surface area contributed by atoms with Crippen LogP contribution in [0.3, 0.4) is 0 Å². The molecule has 0 bridgehead atoms. The lowest BCUT2D eigenvalue weighted by atomic mass is 10.1. The Morgan fingerprint density at radius 3 is 3.00 bits per heavy atom. The van der Waals surface area contributed by atoms with Crippen molar-refractivity contribution in [3.05, 3.63) is 65.8 Å². The molecule has 0 unspecified atom stereocenters. The number of carbonyl (C=O) groups excluding carboxylic acids is 1. The van der Waals surface area contributed by atoms with Gasteiger partial charge in [-0.25, -0.2) is 14.6 Å². The molecule has 0 saturated heterocycles. The van der Waals surface area contributed by atoms with E-state index < -0.39 is 0 Å². The molecule has 3 aromatic heterocycles. The van der Waals surface area contributed by atoms with Gasteiger partial charge in [-0.15, -0.1) is 5.10 Å². The first-order chi connectivity index (χ1) is 13.1. The lowest BCUT2D eigenvalue weighted by molar-refractivity contribution is -0.112. The molecule has 8 nitrogen and oxygen atoms in total. The topological polar surface area (TPSA) is 112 Å². The third-order valence-corrected chi connectivity index (χ3v) is 4.05. The van der Waals surface area contributed by atoms with Gasteiger partial charge in [0.2, 0.25) is 5.65 Å². The van der Waals surface area contributed by atoms with E-state index in [1.807, 2.05) is 24.3 Å². The van der Waals surface area contributed by atoms with E-state index in [9.17, 15) is 4.79 Å². The van der Waals surface area contributed by atoms with Crippen LogP contribution in [0.4, 0.5) is 0 Å². The Labute approximate surface area is 154 Å². The first kappa shape index (κ1) is 16.8. The predicted octanol–water partition coefficient (Wildman–Crippen LogP) is 1.79. The Morgan fingerprint density at radius 2 is 2.15 bits per heavy atom. The first-order valence-corrected chi connectivity index (χ1v) is 8.44. The van der Waals surface area contributed by atoms with Crippen LogP contribution in [0.25, 0.3) is 22.2 Å². The Balaban J connectivity index is 1.65. The molecule has 0 aliphatic rings. The van der Waals surface area contributed by atoms with E-state index in [-0.39, 0.29) is 5.78 Å². The Hall–Kier alpha value is -3.68. The quantitative estimate of drug-likeness (QED) is 0.541. The van der Waals surface area contributed by atoms with Gasteiger partial charge in [-0.1, -0.05) is 17.3 Å². The van der Waals surface area contributed by atoms with Gasteiger partial charge in [-0.05, 0) is 36.8 Å². The fourth-order valence-corrected chi connectivity index (χ4v) is 2.90. The monoisotopic (exact) mass is 359 g/mol. The maximum Gasteiger partial charge on any atom is 0.221 e. The third-order valence-electron chi connectivity index (χ3n) is 4.05. The molecule has 0 saturated carbocycles. The molecule has 8 heteroatoms. The number of nitrogens with zero attached hydrogens (tertiary/aromatic N) is 6. The molecule has 0 aliphatic heterocycles. The van der Waals surface area contributed by atoms with E-state index in [1.54, 1.807) is 17.1 Å². The van der Waals surface area contributed by atoms with E-state index in [2.05, 4.69) is 31.3 Å². The van der Waals surface area contributed by atoms with Crippen molar-refractivity contribution in [1.29, 1.82) is 0 Å². The van der Waals surface area contributed by atoms with Gasteiger partial charge in [-0.2, -0.15) is 0 Å². The minimum Gasteiger partial charge on any atom is -0.402 e. The van der Waals surface area contributed by atoms with Gasteiger partial charge in [0.25, 0.3) is 0 Å². The summed E-state index contributed by atoms with van der Waals surface area (Å²) in [4.78, 5) is 24.3. The van der Waals surface area contributed by atoms with Gasteiger partial charge in [0.15, 0.2) is 11.4 Å². The van der Waals surface area contributed by atoms with E-state index in [0.29, 0.717) is 35.7 Å². The Morgan fingerprint density at radius 1 is 1.26 bits per heavy atom. The van der Waals surface area contributed by atoms with Crippen LogP contribution in [0.1, 0.15) is 18.2 Å². The number of hydrogen-bond acceptors (Lipinski definition) is 7. The van der Waals surface area contributed by atoms with Crippen molar-refractivity contribution < 1.29 is 4.79 Å². The number of pyridine rings is 1. The SMILES string of the molecule is CC(=O)C=C(N)Cc1cnc2nnn(Cc3ccc4ncccc4c3)c2n1. The van der Waals surface area contributed by atoms with Crippen LogP contribution < -0.4 is 5.73 Å². The number of nitrogens with two attached hydrogens (primary N) is 1. The van der Waals surface area contributed by atoms with Crippen LogP contribution in [-0.4, -0.2) is 35.7 Å². The third kappa shape index (κ3) is 3.64. The highest BCUT2D eigenvalue weighted by atomic mass is 16.1. The summed E-state index contributed by atoms with van der Waals surface area (Å²) < 4.78 is 1.70. The zero-order valence-electron chi connectivity index (χ0n) is 14.7. The fourth-order valence-electron chi connectivity index (χ4n) is 2.90. The normalized spacial score (nSPS) is 12.0. The van der Waals surface area contributed by atoms with Crippen LogP contribution in [0.5, 0.6) is 0 Å². The zero-order chi connectivity index (χ0) is 18.8. The minimum absolute atomic E-state index is 0.0981. The average molecular weight is 359 g/mol. The second kappa shape index (κ2) is 6.91.